The molecule has 0 unspecified atom stereocenters. The molecule has 3 aromatic rings. The van der Waals surface area contributed by atoms with E-state index in [0.717, 1.165) is 17.0 Å². The molecule has 3 N–H and O–H groups in total. The van der Waals surface area contributed by atoms with E-state index in [1.807, 2.05) is 19.1 Å². The molecule has 1 aromatic heterocycles. The summed E-state index contributed by atoms with van der Waals surface area (Å²) in [5, 5.41) is 7.89. The molecule has 0 saturated carbocycles. The Morgan fingerprint density at radius 3 is 2.45 bits per heavy atom. The van der Waals surface area contributed by atoms with Gasteiger partial charge in [0.05, 0.1) is 13.2 Å². The molecule has 162 valence electrons. The normalized spacial score (nSPS) is 10.9. The van der Waals surface area contributed by atoms with E-state index in [1.165, 1.54) is 12.1 Å². The van der Waals surface area contributed by atoms with E-state index < -0.39 is 5.91 Å². The highest BCUT2D eigenvalue weighted by atomic mass is 35.5. The Balaban J connectivity index is 1.75. The van der Waals surface area contributed by atoms with E-state index in [9.17, 15) is 9.59 Å². The molecule has 0 fully saturated rings. The third kappa shape index (κ3) is 5.86. The molecule has 0 aliphatic carbocycles. The maximum Gasteiger partial charge on any atom is 0.256 e. The second-order valence-electron chi connectivity index (χ2n) is 7.68. The van der Waals surface area contributed by atoms with Gasteiger partial charge >= 0.3 is 0 Å². The molecule has 0 atom stereocenters. The van der Waals surface area contributed by atoms with Crippen LogP contribution in [-0.2, 0) is 6.54 Å². The van der Waals surface area contributed by atoms with Gasteiger partial charge in [-0.05, 0) is 55.3 Å². The van der Waals surface area contributed by atoms with Gasteiger partial charge in [-0.2, -0.15) is 5.10 Å². The summed E-state index contributed by atoms with van der Waals surface area (Å²) < 4.78 is 7.70. The van der Waals surface area contributed by atoms with Crippen LogP contribution in [0, 0.1) is 12.8 Å². The maximum absolute atomic E-state index is 12.5. The number of anilines is 1. The summed E-state index contributed by atoms with van der Waals surface area (Å²) in [6, 6.07) is 13.4. The first-order valence-electron chi connectivity index (χ1n) is 9.90. The van der Waals surface area contributed by atoms with E-state index in [4.69, 9.17) is 22.1 Å². The van der Waals surface area contributed by atoms with Gasteiger partial charge in [0, 0.05) is 33.5 Å². The first kappa shape index (κ1) is 22.4. The third-order valence-corrected chi connectivity index (χ3v) is 4.80. The highest BCUT2D eigenvalue weighted by Crippen LogP contribution is 2.25. The molecule has 31 heavy (non-hydrogen) atoms. The van der Waals surface area contributed by atoms with Crippen LogP contribution in [-0.4, -0.2) is 28.2 Å². The Bertz CT molecular complexity index is 1090. The SMILES string of the molecule is Cc1cc(NC(=O)c2ccc(C(N)=O)cc2)nn1Cc1cc(Cl)ccc1OCC(C)C. The van der Waals surface area contributed by atoms with Gasteiger partial charge < -0.3 is 15.8 Å². The average Bonchev–Trinajstić information content (AvgIpc) is 3.06. The number of benzene rings is 2. The number of amides is 2. The van der Waals surface area contributed by atoms with E-state index in [2.05, 4.69) is 24.3 Å². The minimum absolute atomic E-state index is 0.329. The van der Waals surface area contributed by atoms with Crippen LogP contribution < -0.4 is 15.8 Å². The van der Waals surface area contributed by atoms with Crippen molar-refractivity contribution in [2.75, 3.05) is 11.9 Å². The predicted octanol–water partition coefficient (Wildman–Crippen LogP) is 4.28. The smallest absolute Gasteiger partial charge is 0.256 e. The molecule has 0 bridgehead atoms. The fourth-order valence-electron chi connectivity index (χ4n) is 2.94. The van der Waals surface area contributed by atoms with Crippen LogP contribution in [0.4, 0.5) is 5.82 Å². The van der Waals surface area contributed by atoms with Crippen LogP contribution >= 0.6 is 11.6 Å². The minimum atomic E-state index is -0.543. The van der Waals surface area contributed by atoms with E-state index in [-0.39, 0.29) is 5.91 Å². The van der Waals surface area contributed by atoms with Crippen LogP contribution in [0.3, 0.4) is 0 Å². The number of primary amides is 1. The zero-order valence-corrected chi connectivity index (χ0v) is 18.4. The first-order valence-corrected chi connectivity index (χ1v) is 10.3. The van der Waals surface area contributed by atoms with E-state index in [1.54, 1.807) is 28.9 Å². The summed E-state index contributed by atoms with van der Waals surface area (Å²) in [6.45, 7) is 7.13. The Labute approximate surface area is 186 Å². The lowest BCUT2D eigenvalue weighted by atomic mass is 10.1. The van der Waals surface area contributed by atoms with Crippen LogP contribution in [0.2, 0.25) is 5.02 Å². The quantitative estimate of drug-likeness (QED) is 0.546. The fraction of sp³-hybridized carbons (Fsp3) is 0.261. The van der Waals surface area contributed by atoms with E-state index in [0.29, 0.717) is 41.0 Å². The van der Waals surface area contributed by atoms with Crippen LogP contribution in [0.1, 0.15) is 45.8 Å². The van der Waals surface area contributed by atoms with Crippen molar-refractivity contribution in [2.24, 2.45) is 11.7 Å². The molecule has 0 spiro atoms. The van der Waals surface area contributed by atoms with Gasteiger partial charge in [-0.15, -0.1) is 0 Å². The molecule has 0 radical (unpaired) electrons. The number of hydrogen-bond donors (Lipinski definition) is 2. The number of hydrogen-bond acceptors (Lipinski definition) is 4. The Hall–Kier alpha value is -3.32. The molecular formula is C23H25ClN4O3. The summed E-state index contributed by atoms with van der Waals surface area (Å²) in [6.07, 6.45) is 0. The third-order valence-electron chi connectivity index (χ3n) is 4.57. The number of aromatic nitrogens is 2. The zero-order valence-electron chi connectivity index (χ0n) is 17.7. The zero-order chi connectivity index (χ0) is 22.5. The summed E-state index contributed by atoms with van der Waals surface area (Å²) in [5.41, 5.74) is 7.74. The number of carbonyl (C=O) groups is 2. The second-order valence-corrected chi connectivity index (χ2v) is 8.12. The van der Waals surface area contributed by atoms with Gasteiger partial charge in [0.25, 0.3) is 5.91 Å². The van der Waals surface area contributed by atoms with Crippen molar-refractivity contribution >= 4 is 29.2 Å². The molecule has 3 rings (SSSR count). The van der Waals surface area contributed by atoms with Crippen molar-refractivity contribution in [3.05, 3.63) is 75.9 Å². The van der Waals surface area contributed by atoms with Crippen LogP contribution in [0.5, 0.6) is 5.75 Å². The lowest BCUT2D eigenvalue weighted by molar-refractivity contribution is 0.0995. The standard InChI is InChI=1S/C23H25ClN4O3/c1-14(2)13-31-20-9-8-19(24)11-18(20)12-28-15(3)10-21(27-28)26-23(30)17-6-4-16(5-7-17)22(25)29/h4-11,14H,12-13H2,1-3H3,(H2,25,29)(H,26,27,30). The van der Waals surface area contributed by atoms with Crippen molar-refractivity contribution in [3.63, 3.8) is 0 Å². The van der Waals surface area contributed by atoms with Crippen molar-refractivity contribution in [1.82, 2.24) is 9.78 Å². The molecule has 8 heteroatoms. The number of aryl methyl sites for hydroxylation is 1. The molecule has 0 saturated heterocycles. The average molecular weight is 441 g/mol. The molecule has 1 heterocycles. The maximum atomic E-state index is 12.5. The molecule has 0 aliphatic rings. The van der Waals surface area contributed by atoms with Crippen molar-refractivity contribution in [3.8, 4) is 5.75 Å². The summed E-state index contributed by atoms with van der Waals surface area (Å²) >= 11 is 6.19. The monoisotopic (exact) mass is 440 g/mol. The first-order chi connectivity index (χ1) is 14.7. The van der Waals surface area contributed by atoms with Crippen molar-refractivity contribution in [2.45, 2.75) is 27.3 Å². The van der Waals surface area contributed by atoms with Gasteiger partial charge in [0.15, 0.2) is 5.82 Å². The van der Waals surface area contributed by atoms with Gasteiger partial charge in [0.2, 0.25) is 5.91 Å². The number of nitrogens with one attached hydrogen (secondary N) is 1. The van der Waals surface area contributed by atoms with Crippen LogP contribution in [0.15, 0.2) is 48.5 Å². The number of nitrogens with two attached hydrogens (primary N) is 1. The Kier molecular flexibility index (Phi) is 6.97. The van der Waals surface area contributed by atoms with Crippen molar-refractivity contribution in [1.29, 1.82) is 0 Å². The lowest BCUT2D eigenvalue weighted by Crippen LogP contribution is -2.14. The number of ether oxygens (including phenoxy) is 1. The Morgan fingerprint density at radius 2 is 1.81 bits per heavy atom. The number of carbonyl (C=O) groups excluding carboxylic acids is 2. The molecular weight excluding hydrogens is 416 g/mol. The fourth-order valence-corrected chi connectivity index (χ4v) is 3.13. The largest absolute Gasteiger partial charge is 0.493 e. The van der Waals surface area contributed by atoms with E-state index >= 15 is 0 Å². The summed E-state index contributed by atoms with van der Waals surface area (Å²) in [4.78, 5) is 23.7. The predicted molar refractivity (Wildman–Crippen MR) is 121 cm³/mol. The number of nitrogens with zero attached hydrogens (tertiary/aromatic N) is 2. The topological polar surface area (TPSA) is 99.2 Å². The lowest BCUT2D eigenvalue weighted by Gasteiger charge is -2.14. The molecule has 7 nitrogen and oxygen atoms in total. The summed E-state index contributed by atoms with van der Waals surface area (Å²) in [5.74, 6) is 0.707. The molecule has 2 amide bonds. The second kappa shape index (κ2) is 9.66. The van der Waals surface area contributed by atoms with Gasteiger partial charge in [-0.3, -0.25) is 14.3 Å². The van der Waals surface area contributed by atoms with Crippen molar-refractivity contribution < 1.29 is 14.3 Å². The summed E-state index contributed by atoms with van der Waals surface area (Å²) in [7, 11) is 0. The highest BCUT2D eigenvalue weighted by Gasteiger charge is 2.13. The number of halogens is 1. The minimum Gasteiger partial charge on any atom is -0.493 e. The van der Waals surface area contributed by atoms with Gasteiger partial charge in [0.1, 0.15) is 5.75 Å². The van der Waals surface area contributed by atoms with Crippen LogP contribution in [0.25, 0.3) is 0 Å². The highest BCUT2D eigenvalue weighted by molar-refractivity contribution is 6.30. The molecule has 0 aliphatic heterocycles. The van der Waals surface area contributed by atoms with Gasteiger partial charge in [-0.25, -0.2) is 0 Å². The van der Waals surface area contributed by atoms with Gasteiger partial charge in [-0.1, -0.05) is 25.4 Å². The molecule has 2 aromatic carbocycles. The Morgan fingerprint density at radius 1 is 1.13 bits per heavy atom. The number of rotatable bonds is 8.